The molecule has 6 heteroatoms. The van der Waals surface area contributed by atoms with Crippen molar-refractivity contribution >= 4 is 11.6 Å². The third-order valence-electron chi connectivity index (χ3n) is 11.0. The van der Waals surface area contributed by atoms with Gasteiger partial charge in [0.25, 0.3) is 0 Å². The molecular formula is C31H46O6. The lowest BCUT2D eigenvalue weighted by atomic mass is 9.46. The second-order valence-electron chi connectivity index (χ2n) is 13.3. The summed E-state index contributed by atoms with van der Waals surface area (Å²) >= 11 is 0. The average molecular weight is 515 g/mol. The monoisotopic (exact) mass is 514 g/mol. The molecule has 5 aliphatic carbocycles. The van der Waals surface area contributed by atoms with Gasteiger partial charge in [-0.2, -0.15) is 0 Å². The number of aliphatic hydroxyl groups excluding tert-OH is 2. The van der Waals surface area contributed by atoms with Crippen LogP contribution in [0.25, 0.3) is 0 Å². The van der Waals surface area contributed by atoms with Crippen LogP contribution in [0.3, 0.4) is 0 Å². The molecule has 206 valence electrons. The van der Waals surface area contributed by atoms with Crippen LogP contribution in [-0.2, 0) is 19.1 Å². The minimum absolute atomic E-state index is 0.00370. The Morgan fingerprint density at radius 2 is 1.86 bits per heavy atom. The van der Waals surface area contributed by atoms with Crippen LogP contribution >= 0.6 is 0 Å². The summed E-state index contributed by atoms with van der Waals surface area (Å²) in [5, 5.41) is 23.1. The van der Waals surface area contributed by atoms with Gasteiger partial charge < -0.3 is 19.7 Å². The standard InChI is InChI=1S/C31H46O6/c1-19(2)36-18-26(34)31(37-28(35)20-8-6-5-7-9-20)15-13-24-23-11-10-21-16-22(32)12-14-29(21,3)27(23)25(33)17-30(24,31)4/h12,14,16,19-20,23-25,27-28,33,35H,5-11,13,15,17-18H2,1-4H3/t23-,24-,25-,27+,28+,29-,30-,31-/m0/s1. The molecule has 0 aliphatic heterocycles. The molecule has 0 saturated heterocycles. The van der Waals surface area contributed by atoms with Gasteiger partial charge in [-0.05, 0) is 82.8 Å². The molecule has 0 amide bonds. The summed E-state index contributed by atoms with van der Waals surface area (Å²) in [5.41, 5.74) is -1.01. The molecule has 0 heterocycles. The topological polar surface area (TPSA) is 93.1 Å². The first-order chi connectivity index (χ1) is 17.5. The van der Waals surface area contributed by atoms with E-state index in [9.17, 15) is 19.8 Å². The number of allylic oxidation sites excluding steroid dienone is 4. The van der Waals surface area contributed by atoms with Crippen molar-refractivity contribution in [2.75, 3.05) is 6.61 Å². The highest BCUT2D eigenvalue weighted by Gasteiger charge is 2.69. The number of Topliss-reactive ketones (excluding diaryl/α,β-unsaturated/α-hetero) is 1. The van der Waals surface area contributed by atoms with E-state index in [4.69, 9.17) is 9.47 Å². The van der Waals surface area contributed by atoms with Crippen LogP contribution in [-0.4, -0.2) is 52.5 Å². The number of carbonyl (C=O) groups is 2. The molecule has 6 nitrogen and oxygen atoms in total. The maximum Gasteiger partial charge on any atom is 0.190 e. The van der Waals surface area contributed by atoms with Crippen LogP contribution in [0.4, 0.5) is 0 Å². The number of aliphatic hydroxyl groups is 2. The van der Waals surface area contributed by atoms with E-state index in [2.05, 4.69) is 13.8 Å². The number of ether oxygens (including phenoxy) is 2. The lowest BCUT2D eigenvalue weighted by molar-refractivity contribution is -0.255. The van der Waals surface area contributed by atoms with Gasteiger partial charge in [-0.1, -0.05) is 44.8 Å². The van der Waals surface area contributed by atoms with E-state index in [0.29, 0.717) is 12.8 Å². The lowest BCUT2D eigenvalue weighted by Gasteiger charge is -2.60. The van der Waals surface area contributed by atoms with Gasteiger partial charge in [0, 0.05) is 22.7 Å². The van der Waals surface area contributed by atoms with Gasteiger partial charge >= 0.3 is 0 Å². The van der Waals surface area contributed by atoms with E-state index in [1.54, 1.807) is 12.2 Å². The van der Waals surface area contributed by atoms with E-state index < -0.39 is 23.4 Å². The van der Waals surface area contributed by atoms with Gasteiger partial charge in [0.2, 0.25) is 0 Å². The smallest absolute Gasteiger partial charge is 0.190 e. The fraction of sp³-hybridized carbons (Fsp3) is 0.806. The Morgan fingerprint density at radius 3 is 2.57 bits per heavy atom. The summed E-state index contributed by atoms with van der Waals surface area (Å²) in [6.45, 7) is 8.08. The average Bonchev–Trinajstić information content (AvgIpc) is 3.15. The maximum atomic E-state index is 14.0. The van der Waals surface area contributed by atoms with Crippen molar-refractivity contribution in [2.45, 2.75) is 116 Å². The number of hydrogen-bond acceptors (Lipinski definition) is 6. The number of ketones is 2. The van der Waals surface area contributed by atoms with Gasteiger partial charge in [0.15, 0.2) is 17.9 Å². The van der Waals surface area contributed by atoms with Crippen LogP contribution in [0.5, 0.6) is 0 Å². The summed E-state index contributed by atoms with van der Waals surface area (Å²) in [4.78, 5) is 26.2. The molecule has 2 N–H and O–H groups in total. The Bertz CT molecular complexity index is 963. The number of carbonyl (C=O) groups excluding carboxylic acids is 2. The maximum absolute atomic E-state index is 14.0. The van der Waals surface area contributed by atoms with E-state index >= 15 is 0 Å². The molecule has 4 fully saturated rings. The summed E-state index contributed by atoms with van der Waals surface area (Å²) in [6, 6.07) is 0. The molecule has 8 atom stereocenters. The molecule has 0 aromatic heterocycles. The van der Waals surface area contributed by atoms with Gasteiger partial charge in [-0.15, -0.1) is 0 Å². The fourth-order valence-electron chi connectivity index (χ4n) is 9.11. The quantitative estimate of drug-likeness (QED) is 0.469. The van der Waals surface area contributed by atoms with Crippen molar-refractivity contribution in [3.8, 4) is 0 Å². The van der Waals surface area contributed by atoms with Crippen molar-refractivity contribution in [3.63, 3.8) is 0 Å². The second-order valence-corrected chi connectivity index (χ2v) is 13.3. The van der Waals surface area contributed by atoms with E-state index in [0.717, 1.165) is 50.5 Å². The van der Waals surface area contributed by atoms with Crippen LogP contribution in [0, 0.1) is 34.5 Å². The fourth-order valence-corrected chi connectivity index (χ4v) is 9.11. The highest BCUT2D eigenvalue weighted by Crippen LogP contribution is 2.68. The number of rotatable bonds is 7. The molecule has 0 aromatic rings. The molecule has 0 spiro atoms. The van der Waals surface area contributed by atoms with Crippen molar-refractivity contribution in [2.24, 2.45) is 34.5 Å². The first-order valence-electron chi connectivity index (χ1n) is 14.6. The van der Waals surface area contributed by atoms with Crippen LogP contribution in [0.2, 0.25) is 0 Å². The summed E-state index contributed by atoms with van der Waals surface area (Å²) in [6.07, 6.45) is 12.4. The van der Waals surface area contributed by atoms with Gasteiger partial charge in [-0.3, -0.25) is 9.59 Å². The summed E-state index contributed by atoms with van der Waals surface area (Å²) in [5.74, 6) is 0.367. The SMILES string of the molecule is CC(C)OCC(=O)[C@@]1(O[C@@H](O)C2CCCCC2)CC[C@H]2[C@@H]3CCC4=CC(=O)C=C[C@]4(C)[C@H]3[C@@H](O)C[C@@]21C. The first-order valence-corrected chi connectivity index (χ1v) is 14.6. The largest absolute Gasteiger partial charge is 0.393 e. The Morgan fingerprint density at radius 1 is 1.14 bits per heavy atom. The number of fused-ring (bicyclic) bond motifs is 5. The molecule has 37 heavy (non-hydrogen) atoms. The molecule has 0 aromatic carbocycles. The highest BCUT2D eigenvalue weighted by molar-refractivity contribution is 6.01. The van der Waals surface area contributed by atoms with Crippen LogP contribution < -0.4 is 0 Å². The minimum Gasteiger partial charge on any atom is -0.393 e. The van der Waals surface area contributed by atoms with Gasteiger partial charge in [0.05, 0.1) is 12.2 Å². The highest BCUT2D eigenvalue weighted by atomic mass is 16.6. The Hall–Kier alpha value is -1.34. The molecule has 0 unspecified atom stereocenters. The van der Waals surface area contributed by atoms with Gasteiger partial charge in [0.1, 0.15) is 12.2 Å². The van der Waals surface area contributed by atoms with E-state index in [1.165, 1.54) is 6.42 Å². The Labute approximate surface area is 221 Å². The zero-order valence-corrected chi connectivity index (χ0v) is 23.1. The molecule has 5 aliphatic rings. The van der Waals surface area contributed by atoms with Crippen LogP contribution in [0.1, 0.15) is 91.9 Å². The Balaban J connectivity index is 1.49. The predicted molar refractivity (Wildman–Crippen MR) is 140 cm³/mol. The van der Waals surface area contributed by atoms with Crippen LogP contribution in [0.15, 0.2) is 23.8 Å². The molecule has 5 rings (SSSR count). The zero-order valence-electron chi connectivity index (χ0n) is 23.1. The third kappa shape index (κ3) is 4.40. The lowest BCUT2D eigenvalue weighted by Crippen LogP contribution is -2.63. The van der Waals surface area contributed by atoms with Gasteiger partial charge in [-0.25, -0.2) is 0 Å². The van der Waals surface area contributed by atoms with Crippen molar-refractivity contribution in [1.29, 1.82) is 0 Å². The Kier molecular flexibility index (Phi) is 7.36. The molecule has 0 radical (unpaired) electrons. The summed E-state index contributed by atoms with van der Waals surface area (Å²) < 4.78 is 12.4. The second kappa shape index (κ2) is 10.0. The number of hydrogen-bond donors (Lipinski definition) is 2. The predicted octanol–water partition coefficient (Wildman–Crippen LogP) is 4.91. The zero-order chi connectivity index (χ0) is 26.6. The minimum atomic E-state index is -1.18. The van der Waals surface area contributed by atoms with Crippen molar-refractivity contribution < 1.29 is 29.3 Å². The normalized spacial score (nSPS) is 42.7. The molecule has 4 saturated carbocycles. The molecular weight excluding hydrogens is 468 g/mol. The van der Waals surface area contributed by atoms with E-state index in [-0.39, 0.29) is 53.4 Å². The van der Waals surface area contributed by atoms with Crippen molar-refractivity contribution in [3.05, 3.63) is 23.8 Å². The van der Waals surface area contributed by atoms with E-state index in [1.807, 2.05) is 19.9 Å². The summed E-state index contributed by atoms with van der Waals surface area (Å²) in [7, 11) is 0. The van der Waals surface area contributed by atoms with Crippen molar-refractivity contribution in [1.82, 2.24) is 0 Å². The first kappa shape index (κ1) is 27.2. The third-order valence-corrected chi connectivity index (χ3v) is 11.0. The molecule has 0 bridgehead atoms.